The smallest absolute Gasteiger partial charge is 0.229 e. The van der Waals surface area contributed by atoms with Gasteiger partial charge in [0.2, 0.25) is 11.9 Å². The summed E-state index contributed by atoms with van der Waals surface area (Å²) < 4.78 is 7.78. The fraction of sp³-hybridized carbons (Fsp3) is 0.367. The maximum absolute atomic E-state index is 13.0. The molecule has 0 saturated heterocycles. The number of fused-ring (bicyclic) bond motifs is 1. The van der Waals surface area contributed by atoms with Gasteiger partial charge < -0.3 is 35.1 Å². The Morgan fingerprint density at radius 3 is 2.50 bits per heavy atom. The maximum Gasteiger partial charge on any atom is 0.229 e. The molecule has 0 saturated carbocycles. The fourth-order valence-electron chi connectivity index (χ4n) is 4.69. The summed E-state index contributed by atoms with van der Waals surface area (Å²) in [6.07, 6.45) is 3.72. The lowest BCUT2D eigenvalue weighted by Gasteiger charge is -2.25. The highest BCUT2D eigenvalue weighted by Crippen LogP contribution is 2.38. The zero-order valence-electron chi connectivity index (χ0n) is 24.7. The number of likely N-dealkylation sites (N-methyl/N-ethyl adjacent to an activating group) is 2. The molecule has 10 heteroatoms. The molecule has 1 amide bonds. The first-order valence-electron chi connectivity index (χ1n) is 13.3. The van der Waals surface area contributed by atoms with Gasteiger partial charge in [-0.1, -0.05) is 32.0 Å². The molecule has 2 aromatic heterocycles. The second kappa shape index (κ2) is 11.8. The van der Waals surface area contributed by atoms with E-state index in [0.717, 1.165) is 35.2 Å². The van der Waals surface area contributed by atoms with Crippen LogP contribution in [0.3, 0.4) is 0 Å². The minimum Gasteiger partial charge on any atom is -0.494 e. The van der Waals surface area contributed by atoms with Crippen LogP contribution in [0.1, 0.15) is 13.8 Å². The number of anilines is 5. The molecule has 0 bridgehead atoms. The predicted octanol–water partition coefficient (Wildman–Crippen LogP) is 4.59. The molecular weight excluding hydrogens is 504 g/mol. The van der Waals surface area contributed by atoms with Crippen molar-refractivity contribution < 1.29 is 9.53 Å². The first-order chi connectivity index (χ1) is 19.0. The van der Waals surface area contributed by atoms with Crippen molar-refractivity contribution >= 4 is 45.5 Å². The molecule has 0 atom stereocenters. The van der Waals surface area contributed by atoms with Crippen molar-refractivity contribution in [2.75, 3.05) is 69.2 Å². The number of aromatic nitrogens is 3. The highest BCUT2D eigenvalue weighted by atomic mass is 16.5. The second-order valence-electron chi connectivity index (χ2n) is 10.6. The van der Waals surface area contributed by atoms with E-state index < -0.39 is 0 Å². The summed E-state index contributed by atoms with van der Waals surface area (Å²) in [5.74, 6) is 0.787. The molecule has 10 nitrogen and oxygen atoms in total. The Bertz CT molecular complexity index is 1510. The number of aryl methyl sites for hydroxylation is 1. The molecule has 212 valence electrons. The Balaban J connectivity index is 1.78. The summed E-state index contributed by atoms with van der Waals surface area (Å²) in [6, 6.07) is 11.9. The number of hydrogen-bond donors (Lipinski definition) is 2. The van der Waals surface area contributed by atoms with Crippen LogP contribution >= 0.6 is 0 Å². The SMILES string of the molecule is COc1cc(N(C)CCN(C)C)c(N)cc1Nc1ncc(N(C)C(=O)C(C)C)c(-c2cn(C)c3ccccc23)n1. The van der Waals surface area contributed by atoms with Gasteiger partial charge >= 0.3 is 0 Å². The summed E-state index contributed by atoms with van der Waals surface area (Å²) in [6.45, 7) is 5.47. The minimum atomic E-state index is -0.176. The maximum atomic E-state index is 13.0. The average Bonchev–Trinajstić information content (AvgIpc) is 3.27. The van der Waals surface area contributed by atoms with Gasteiger partial charge in [-0.3, -0.25) is 4.79 Å². The Morgan fingerprint density at radius 1 is 1.10 bits per heavy atom. The minimum absolute atomic E-state index is 0.0192. The monoisotopic (exact) mass is 544 g/mol. The number of para-hydroxylation sites is 1. The number of ether oxygens (including phenoxy) is 1. The number of benzene rings is 2. The van der Waals surface area contributed by atoms with Gasteiger partial charge in [-0.2, -0.15) is 0 Å². The summed E-state index contributed by atoms with van der Waals surface area (Å²) in [7, 11) is 11.5. The van der Waals surface area contributed by atoms with E-state index >= 15 is 0 Å². The topological polar surface area (TPSA) is 105 Å². The number of hydrogen-bond acceptors (Lipinski definition) is 8. The number of nitrogens with one attached hydrogen (secondary N) is 1. The van der Waals surface area contributed by atoms with Crippen LogP contribution in [-0.2, 0) is 11.8 Å². The number of nitrogens with two attached hydrogens (primary N) is 1. The van der Waals surface area contributed by atoms with Gasteiger partial charge in [-0.25, -0.2) is 9.97 Å². The molecule has 3 N–H and O–H groups in total. The predicted molar refractivity (Wildman–Crippen MR) is 165 cm³/mol. The molecule has 0 unspecified atom stereocenters. The van der Waals surface area contributed by atoms with Gasteiger partial charge in [-0.15, -0.1) is 0 Å². The van der Waals surface area contributed by atoms with Crippen LogP contribution in [-0.4, -0.2) is 73.7 Å². The van der Waals surface area contributed by atoms with Crippen molar-refractivity contribution in [3.05, 3.63) is 48.8 Å². The number of carbonyl (C=O) groups is 1. The van der Waals surface area contributed by atoms with Crippen LogP contribution < -0.4 is 25.6 Å². The quantitative estimate of drug-likeness (QED) is 0.280. The van der Waals surface area contributed by atoms with E-state index in [0.29, 0.717) is 34.5 Å². The summed E-state index contributed by atoms with van der Waals surface area (Å²) in [4.78, 5) is 28.4. The van der Waals surface area contributed by atoms with Crippen molar-refractivity contribution in [1.82, 2.24) is 19.4 Å². The molecule has 0 aliphatic carbocycles. The zero-order chi connectivity index (χ0) is 29.1. The van der Waals surface area contributed by atoms with E-state index in [-0.39, 0.29) is 11.8 Å². The van der Waals surface area contributed by atoms with Crippen LogP contribution in [0.15, 0.2) is 48.8 Å². The molecule has 40 heavy (non-hydrogen) atoms. The third kappa shape index (κ3) is 5.81. The van der Waals surface area contributed by atoms with Gasteiger partial charge in [0.15, 0.2) is 0 Å². The fourth-order valence-corrected chi connectivity index (χ4v) is 4.69. The van der Waals surface area contributed by atoms with Crippen LogP contribution in [0, 0.1) is 5.92 Å². The number of nitrogens with zero attached hydrogens (tertiary/aromatic N) is 6. The van der Waals surface area contributed by atoms with Gasteiger partial charge in [0.05, 0.1) is 36.1 Å². The van der Waals surface area contributed by atoms with Gasteiger partial charge in [-0.05, 0) is 26.2 Å². The Hall–Kier alpha value is -4.31. The van der Waals surface area contributed by atoms with E-state index in [1.807, 2.05) is 72.5 Å². The molecule has 0 aliphatic heterocycles. The van der Waals surface area contributed by atoms with Crippen molar-refractivity contribution in [2.24, 2.45) is 13.0 Å². The van der Waals surface area contributed by atoms with E-state index in [9.17, 15) is 4.79 Å². The summed E-state index contributed by atoms with van der Waals surface area (Å²) in [5, 5.41) is 4.33. The molecule has 0 spiro atoms. The van der Waals surface area contributed by atoms with Gasteiger partial charge in [0.1, 0.15) is 11.4 Å². The first-order valence-corrected chi connectivity index (χ1v) is 13.3. The normalized spacial score (nSPS) is 11.3. The van der Waals surface area contributed by atoms with Gasteiger partial charge in [0, 0.05) is 68.9 Å². The number of methoxy groups -OCH3 is 1. The number of rotatable bonds is 10. The Morgan fingerprint density at radius 2 is 1.82 bits per heavy atom. The molecule has 4 aromatic rings. The van der Waals surface area contributed by atoms with Crippen LogP contribution in [0.5, 0.6) is 5.75 Å². The molecule has 0 radical (unpaired) electrons. The van der Waals surface area contributed by atoms with Crippen LogP contribution in [0.2, 0.25) is 0 Å². The molecular formula is C30H40N8O2. The van der Waals surface area contributed by atoms with E-state index in [4.69, 9.17) is 15.5 Å². The lowest BCUT2D eigenvalue weighted by atomic mass is 10.1. The lowest BCUT2D eigenvalue weighted by molar-refractivity contribution is -0.121. The van der Waals surface area contributed by atoms with Gasteiger partial charge in [0.25, 0.3) is 0 Å². The standard InChI is InChI=1S/C30H40N8O2/c1-19(2)29(39)38(7)26-17-32-30(34-28(26)21-18-37(6)24-12-10-9-11-20(21)24)33-23-15-22(31)25(16-27(23)40-8)36(5)14-13-35(3)4/h9-12,15-19H,13-14,31H2,1-8H3,(H,32,33,34). The third-order valence-electron chi connectivity index (χ3n) is 7.00. The molecule has 0 aliphatic rings. The van der Waals surface area contributed by atoms with Crippen molar-refractivity contribution in [3.63, 3.8) is 0 Å². The van der Waals surface area contributed by atoms with Crippen LogP contribution in [0.25, 0.3) is 22.2 Å². The second-order valence-corrected chi connectivity index (χ2v) is 10.6. The lowest BCUT2D eigenvalue weighted by Crippen LogP contribution is -2.31. The highest BCUT2D eigenvalue weighted by molar-refractivity contribution is 6.02. The molecule has 2 heterocycles. The Labute approximate surface area is 236 Å². The zero-order valence-corrected chi connectivity index (χ0v) is 24.7. The third-order valence-corrected chi connectivity index (χ3v) is 7.00. The van der Waals surface area contributed by atoms with Crippen molar-refractivity contribution in [1.29, 1.82) is 0 Å². The molecule has 0 fully saturated rings. The van der Waals surface area contributed by atoms with Crippen molar-refractivity contribution in [2.45, 2.75) is 13.8 Å². The van der Waals surface area contributed by atoms with Crippen molar-refractivity contribution in [3.8, 4) is 17.0 Å². The average molecular weight is 545 g/mol. The van der Waals surface area contributed by atoms with Crippen LogP contribution in [0.4, 0.5) is 28.7 Å². The van der Waals surface area contributed by atoms with E-state index in [1.54, 1.807) is 25.3 Å². The molecule has 2 aromatic carbocycles. The number of carbonyl (C=O) groups excluding carboxylic acids is 1. The molecule has 4 rings (SSSR count). The number of amides is 1. The Kier molecular flexibility index (Phi) is 8.49. The number of nitrogen functional groups attached to an aromatic ring is 1. The largest absolute Gasteiger partial charge is 0.494 e. The van der Waals surface area contributed by atoms with E-state index in [1.165, 1.54) is 0 Å². The first kappa shape index (κ1) is 28.7. The highest BCUT2D eigenvalue weighted by Gasteiger charge is 2.23. The van der Waals surface area contributed by atoms with E-state index in [2.05, 4.69) is 36.8 Å². The summed E-state index contributed by atoms with van der Waals surface area (Å²) >= 11 is 0. The summed E-state index contributed by atoms with van der Waals surface area (Å²) in [5.41, 5.74) is 11.9.